The summed E-state index contributed by atoms with van der Waals surface area (Å²) >= 11 is 3.26. The van der Waals surface area contributed by atoms with E-state index in [9.17, 15) is 27.6 Å². The summed E-state index contributed by atoms with van der Waals surface area (Å²) in [5.74, 6) is -1.98. The largest absolute Gasteiger partial charge is 0.456 e. The Kier molecular flexibility index (Phi) is 7.77. The molecule has 2 aromatic rings. The third-order valence-electron chi connectivity index (χ3n) is 3.52. The molecule has 0 unspecified atom stereocenters. The first-order chi connectivity index (χ1) is 13.6. The molecule has 0 saturated heterocycles. The SMILES string of the molecule is O=C(CCC(=O)OCC(=O)Nc1ccc(Br)cc1)Nc1cccc(C(F)(F)F)c1. The van der Waals surface area contributed by atoms with Crippen LogP contribution in [-0.4, -0.2) is 24.4 Å². The molecule has 0 spiro atoms. The Morgan fingerprint density at radius 2 is 1.55 bits per heavy atom. The summed E-state index contributed by atoms with van der Waals surface area (Å²) in [5, 5.41) is 4.81. The van der Waals surface area contributed by atoms with Crippen LogP contribution in [-0.2, 0) is 25.3 Å². The predicted molar refractivity (Wildman–Crippen MR) is 103 cm³/mol. The molecule has 2 aromatic carbocycles. The zero-order chi connectivity index (χ0) is 21.4. The number of halogens is 4. The number of rotatable bonds is 7. The van der Waals surface area contributed by atoms with Crippen LogP contribution in [0.15, 0.2) is 53.0 Å². The first kappa shape index (κ1) is 22.4. The van der Waals surface area contributed by atoms with Gasteiger partial charge in [-0.25, -0.2) is 0 Å². The molecule has 154 valence electrons. The molecule has 0 aliphatic carbocycles. The number of hydrogen-bond donors (Lipinski definition) is 2. The molecule has 0 aliphatic heterocycles. The molecule has 0 saturated carbocycles. The molecule has 2 N–H and O–H groups in total. The third-order valence-corrected chi connectivity index (χ3v) is 4.05. The van der Waals surface area contributed by atoms with Gasteiger partial charge in [0.25, 0.3) is 5.91 Å². The fraction of sp³-hybridized carbons (Fsp3) is 0.211. The highest BCUT2D eigenvalue weighted by atomic mass is 79.9. The minimum Gasteiger partial charge on any atom is -0.456 e. The molecule has 0 bridgehead atoms. The van der Waals surface area contributed by atoms with Gasteiger partial charge in [0.15, 0.2) is 6.61 Å². The van der Waals surface area contributed by atoms with Crippen LogP contribution >= 0.6 is 15.9 Å². The fourth-order valence-corrected chi connectivity index (χ4v) is 2.43. The molecule has 0 atom stereocenters. The van der Waals surface area contributed by atoms with Gasteiger partial charge in [0.2, 0.25) is 5.91 Å². The molecule has 29 heavy (non-hydrogen) atoms. The highest BCUT2D eigenvalue weighted by Gasteiger charge is 2.30. The summed E-state index contributed by atoms with van der Waals surface area (Å²) in [6, 6.07) is 10.9. The van der Waals surface area contributed by atoms with Crippen molar-refractivity contribution in [3.8, 4) is 0 Å². The minimum atomic E-state index is -4.53. The summed E-state index contributed by atoms with van der Waals surface area (Å²) in [6.45, 7) is -0.524. The molecular weight excluding hydrogens is 457 g/mol. The zero-order valence-electron chi connectivity index (χ0n) is 14.9. The van der Waals surface area contributed by atoms with Crippen molar-refractivity contribution in [2.24, 2.45) is 0 Å². The van der Waals surface area contributed by atoms with Gasteiger partial charge in [0.05, 0.1) is 12.0 Å². The topological polar surface area (TPSA) is 84.5 Å². The van der Waals surface area contributed by atoms with E-state index in [1.54, 1.807) is 24.3 Å². The fourth-order valence-electron chi connectivity index (χ4n) is 2.16. The number of ether oxygens (including phenoxy) is 1. The second-order valence-electron chi connectivity index (χ2n) is 5.84. The Hall–Kier alpha value is -2.88. The van der Waals surface area contributed by atoms with Crippen LogP contribution in [0.5, 0.6) is 0 Å². The Morgan fingerprint density at radius 1 is 0.897 bits per heavy atom. The van der Waals surface area contributed by atoms with Crippen LogP contribution in [0.3, 0.4) is 0 Å². The number of anilines is 2. The van der Waals surface area contributed by atoms with Gasteiger partial charge in [-0.1, -0.05) is 22.0 Å². The van der Waals surface area contributed by atoms with Gasteiger partial charge in [0.1, 0.15) is 0 Å². The molecule has 0 aromatic heterocycles. The lowest BCUT2D eigenvalue weighted by molar-refractivity contribution is -0.147. The van der Waals surface area contributed by atoms with Gasteiger partial charge in [-0.15, -0.1) is 0 Å². The number of nitrogens with one attached hydrogen (secondary N) is 2. The van der Waals surface area contributed by atoms with E-state index in [0.29, 0.717) is 5.69 Å². The molecule has 2 rings (SSSR count). The Morgan fingerprint density at radius 3 is 2.21 bits per heavy atom. The highest BCUT2D eigenvalue weighted by molar-refractivity contribution is 9.10. The monoisotopic (exact) mass is 472 g/mol. The molecule has 0 heterocycles. The number of carbonyl (C=O) groups excluding carboxylic acids is 3. The van der Waals surface area contributed by atoms with Crippen molar-refractivity contribution in [1.82, 2.24) is 0 Å². The first-order valence-electron chi connectivity index (χ1n) is 8.31. The predicted octanol–water partition coefficient (Wildman–Crippen LogP) is 4.37. The first-order valence-corrected chi connectivity index (χ1v) is 9.11. The summed E-state index contributed by atoms with van der Waals surface area (Å²) in [7, 11) is 0. The summed E-state index contributed by atoms with van der Waals surface area (Å²) in [4.78, 5) is 35.2. The van der Waals surface area contributed by atoms with Crippen molar-refractivity contribution in [3.05, 3.63) is 58.6 Å². The van der Waals surface area contributed by atoms with Crippen molar-refractivity contribution in [1.29, 1.82) is 0 Å². The highest BCUT2D eigenvalue weighted by Crippen LogP contribution is 2.30. The van der Waals surface area contributed by atoms with E-state index in [1.807, 2.05) is 0 Å². The summed E-state index contributed by atoms with van der Waals surface area (Å²) in [5.41, 5.74) is -0.409. The second kappa shape index (κ2) is 10.1. The van der Waals surface area contributed by atoms with Gasteiger partial charge in [-0.05, 0) is 42.5 Å². The normalized spacial score (nSPS) is 10.9. The lowest BCUT2D eigenvalue weighted by Crippen LogP contribution is -2.21. The lowest BCUT2D eigenvalue weighted by atomic mass is 10.2. The summed E-state index contributed by atoms with van der Waals surface area (Å²) < 4.78 is 43.6. The maximum atomic E-state index is 12.7. The summed E-state index contributed by atoms with van der Waals surface area (Å²) in [6.07, 6.45) is -5.15. The number of hydrogen-bond acceptors (Lipinski definition) is 4. The Bertz CT molecular complexity index is 886. The van der Waals surface area contributed by atoms with E-state index in [4.69, 9.17) is 4.74 Å². The van der Waals surface area contributed by atoms with Gasteiger partial charge >= 0.3 is 12.1 Å². The van der Waals surface area contributed by atoms with Crippen molar-refractivity contribution in [2.45, 2.75) is 19.0 Å². The van der Waals surface area contributed by atoms with Crippen molar-refractivity contribution >= 4 is 45.1 Å². The van der Waals surface area contributed by atoms with Crippen LogP contribution in [0, 0.1) is 0 Å². The molecule has 2 amide bonds. The number of carbonyl (C=O) groups is 3. The molecule has 10 heteroatoms. The van der Waals surface area contributed by atoms with Crippen molar-refractivity contribution < 1.29 is 32.3 Å². The lowest BCUT2D eigenvalue weighted by Gasteiger charge is -2.10. The molecule has 0 aliphatic rings. The minimum absolute atomic E-state index is 0.0351. The average Bonchev–Trinajstić information content (AvgIpc) is 2.66. The van der Waals surface area contributed by atoms with E-state index in [-0.39, 0.29) is 18.5 Å². The van der Waals surface area contributed by atoms with E-state index in [1.165, 1.54) is 6.07 Å². The number of amides is 2. The van der Waals surface area contributed by atoms with Gasteiger partial charge in [-0.3, -0.25) is 14.4 Å². The van der Waals surface area contributed by atoms with E-state index >= 15 is 0 Å². The molecule has 0 radical (unpaired) electrons. The van der Waals surface area contributed by atoms with Crippen LogP contribution in [0.1, 0.15) is 18.4 Å². The number of esters is 1. The van der Waals surface area contributed by atoms with Crippen molar-refractivity contribution in [3.63, 3.8) is 0 Å². The molecule has 0 fully saturated rings. The Balaban J connectivity index is 1.72. The molecule has 6 nitrogen and oxygen atoms in total. The zero-order valence-corrected chi connectivity index (χ0v) is 16.5. The molecular formula is C19H16BrF3N2O4. The second-order valence-corrected chi connectivity index (χ2v) is 6.76. The van der Waals surface area contributed by atoms with Crippen LogP contribution < -0.4 is 10.6 Å². The quantitative estimate of drug-likeness (QED) is 0.586. The average molecular weight is 473 g/mol. The van der Waals surface area contributed by atoms with Crippen LogP contribution in [0.25, 0.3) is 0 Å². The van der Waals surface area contributed by atoms with Crippen LogP contribution in [0.4, 0.5) is 24.5 Å². The third kappa shape index (κ3) is 7.94. The van der Waals surface area contributed by atoms with Gasteiger partial charge in [-0.2, -0.15) is 13.2 Å². The van der Waals surface area contributed by atoms with E-state index < -0.39 is 36.1 Å². The maximum absolute atomic E-state index is 12.7. The van der Waals surface area contributed by atoms with Gasteiger partial charge in [0, 0.05) is 22.3 Å². The maximum Gasteiger partial charge on any atom is 0.416 e. The van der Waals surface area contributed by atoms with Gasteiger partial charge < -0.3 is 15.4 Å². The smallest absolute Gasteiger partial charge is 0.416 e. The standard InChI is InChI=1S/C19H16BrF3N2O4/c20-13-4-6-14(7-5-13)24-17(27)11-29-18(28)9-8-16(26)25-15-3-1-2-12(10-15)19(21,22)23/h1-7,10H,8-9,11H2,(H,24,27)(H,25,26). The van der Waals surface area contributed by atoms with Crippen molar-refractivity contribution in [2.75, 3.05) is 17.2 Å². The number of alkyl halides is 3. The number of benzene rings is 2. The van der Waals surface area contributed by atoms with E-state index in [0.717, 1.165) is 22.7 Å². The van der Waals surface area contributed by atoms with Crippen LogP contribution in [0.2, 0.25) is 0 Å². The van der Waals surface area contributed by atoms with E-state index in [2.05, 4.69) is 26.6 Å². The Labute approximate surface area is 172 Å².